The number of ketones is 1. The molecule has 1 heterocycles. The van der Waals surface area contributed by atoms with Gasteiger partial charge in [0.05, 0.1) is 30.1 Å². The molecule has 0 N–H and O–H groups in total. The summed E-state index contributed by atoms with van der Waals surface area (Å²) in [6.45, 7) is 2.20. The van der Waals surface area contributed by atoms with E-state index in [-0.39, 0.29) is 18.7 Å². The summed E-state index contributed by atoms with van der Waals surface area (Å²) in [4.78, 5) is 17.8. The van der Waals surface area contributed by atoms with E-state index in [4.69, 9.17) is 5.26 Å². The van der Waals surface area contributed by atoms with Crippen LogP contribution >= 0.6 is 0 Å². The van der Waals surface area contributed by atoms with Crippen molar-refractivity contribution < 1.29 is 4.79 Å². The lowest BCUT2D eigenvalue weighted by Gasteiger charge is -2.17. The van der Waals surface area contributed by atoms with Crippen molar-refractivity contribution in [3.05, 3.63) is 24.0 Å². The van der Waals surface area contributed by atoms with E-state index in [1.807, 2.05) is 54.8 Å². The van der Waals surface area contributed by atoms with Gasteiger partial charge in [-0.05, 0) is 25.1 Å². The van der Waals surface area contributed by atoms with E-state index in [0.717, 1.165) is 22.5 Å². The van der Waals surface area contributed by atoms with Crippen LogP contribution in [0.5, 0.6) is 0 Å². The zero-order chi connectivity index (χ0) is 14.0. The standard InChI is InChI=1S/C14H16N4O/c1-10-16-13-8-11(4-5-14(13)18(10)3)17(2)9-12(19)6-7-15/h4-5,8H,6,9H2,1-3H3. The monoisotopic (exact) mass is 256 g/mol. The number of likely N-dealkylation sites (N-methyl/N-ethyl adjacent to an activating group) is 1. The van der Waals surface area contributed by atoms with Gasteiger partial charge in [0.25, 0.3) is 0 Å². The number of rotatable bonds is 4. The number of aryl methyl sites for hydroxylation is 2. The number of aromatic nitrogens is 2. The van der Waals surface area contributed by atoms with E-state index in [1.54, 1.807) is 0 Å². The van der Waals surface area contributed by atoms with Crippen molar-refractivity contribution in [3.63, 3.8) is 0 Å². The molecule has 5 nitrogen and oxygen atoms in total. The molecule has 0 atom stereocenters. The second-order valence-corrected chi connectivity index (χ2v) is 4.62. The molecule has 0 spiro atoms. The SMILES string of the molecule is Cc1nc2cc(N(C)CC(=O)CC#N)ccc2n1C. The summed E-state index contributed by atoms with van der Waals surface area (Å²) < 4.78 is 2.03. The van der Waals surface area contributed by atoms with Gasteiger partial charge >= 0.3 is 0 Å². The Kier molecular flexibility index (Phi) is 3.52. The van der Waals surface area contributed by atoms with Crippen LogP contribution in [0, 0.1) is 18.3 Å². The average molecular weight is 256 g/mol. The highest BCUT2D eigenvalue weighted by Gasteiger charge is 2.10. The largest absolute Gasteiger partial charge is 0.367 e. The lowest BCUT2D eigenvalue weighted by atomic mass is 10.2. The Balaban J connectivity index is 2.26. The van der Waals surface area contributed by atoms with Gasteiger partial charge in [0.2, 0.25) is 0 Å². The predicted octanol–water partition coefficient (Wildman–Crippen LogP) is 1.80. The van der Waals surface area contributed by atoms with E-state index >= 15 is 0 Å². The van der Waals surface area contributed by atoms with Crippen molar-refractivity contribution in [2.24, 2.45) is 7.05 Å². The van der Waals surface area contributed by atoms with Crippen LogP contribution in [0.25, 0.3) is 11.0 Å². The summed E-state index contributed by atoms with van der Waals surface area (Å²) in [7, 11) is 3.82. The second kappa shape index (κ2) is 5.11. The minimum Gasteiger partial charge on any atom is -0.367 e. The van der Waals surface area contributed by atoms with Gasteiger partial charge in [0, 0.05) is 19.8 Å². The molecule has 98 valence electrons. The number of fused-ring (bicyclic) bond motifs is 1. The van der Waals surface area contributed by atoms with Crippen LogP contribution < -0.4 is 4.90 Å². The van der Waals surface area contributed by atoms with E-state index in [0.29, 0.717) is 0 Å². The maximum absolute atomic E-state index is 11.5. The molecule has 0 aliphatic carbocycles. The first kappa shape index (κ1) is 13.1. The minimum atomic E-state index is -0.0812. The second-order valence-electron chi connectivity index (χ2n) is 4.62. The maximum atomic E-state index is 11.5. The van der Waals surface area contributed by atoms with Gasteiger partial charge in [-0.2, -0.15) is 5.26 Å². The number of hydrogen-bond donors (Lipinski definition) is 0. The molecule has 0 radical (unpaired) electrons. The molecular formula is C14H16N4O. The van der Waals surface area contributed by atoms with Crippen molar-refractivity contribution in [2.75, 3.05) is 18.5 Å². The number of imidazole rings is 1. The van der Waals surface area contributed by atoms with Gasteiger partial charge in [-0.1, -0.05) is 0 Å². The highest BCUT2D eigenvalue weighted by Crippen LogP contribution is 2.21. The molecule has 19 heavy (non-hydrogen) atoms. The first-order valence-corrected chi connectivity index (χ1v) is 6.06. The third-order valence-corrected chi connectivity index (χ3v) is 3.22. The number of hydrogen-bond acceptors (Lipinski definition) is 4. The van der Waals surface area contributed by atoms with Crippen LogP contribution in [-0.2, 0) is 11.8 Å². The van der Waals surface area contributed by atoms with E-state index < -0.39 is 0 Å². The topological polar surface area (TPSA) is 61.9 Å². The highest BCUT2D eigenvalue weighted by molar-refractivity contribution is 5.86. The van der Waals surface area contributed by atoms with Crippen molar-refractivity contribution in [2.45, 2.75) is 13.3 Å². The van der Waals surface area contributed by atoms with Crippen molar-refractivity contribution in [3.8, 4) is 6.07 Å². The zero-order valence-electron chi connectivity index (χ0n) is 11.3. The lowest BCUT2D eigenvalue weighted by Crippen LogP contribution is -2.25. The molecule has 2 rings (SSSR count). The van der Waals surface area contributed by atoms with Crippen LogP contribution in [0.2, 0.25) is 0 Å². The van der Waals surface area contributed by atoms with Crippen LogP contribution in [0.15, 0.2) is 18.2 Å². The van der Waals surface area contributed by atoms with Gasteiger partial charge in [0.15, 0.2) is 5.78 Å². The molecule has 0 bridgehead atoms. The number of nitrogens with zero attached hydrogens (tertiary/aromatic N) is 4. The van der Waals surface area contributed by atoms with Gasteiger partial charge in [-0.25, -0.2) is 4.98 Å². The van der Waals surface area contributed by atoms with Crippen LogP contribution in [0.4, 0.5) is 5.69 Å². The molecule has 0 saturated carbocycles. The predicted molar refractivity (Wildman–Crippen MR) is 74.0 cm³/mol. The third-order valence-electron chi connectivity index (χ3n) is 3.22. The molecule has 0 saturated heterocycles. The molecule has 0 fully saturated rings. The Morgan fingerprint density at radius 3 is 2.95 bits per heavy atom. The van der Waals surface area contributed by atoms with Gasteiger partial charge in [0.1, 0.15) is 5.82 Å². The van der Waals surface area contributed by atoms with E-state index in [1.165, 1.54) is 0 Å². The van der Waals surface area contributed by atoms with Crippen LogP contribution in [0.3, 0.4) is 0 Å². The van der Waals surface area contributed by atoms with Gasteiger partial charge < -0.3 is 9.47 Å². The van der Waals surface area contributed by atoms with Crippen molar-refractivity contribution in [1.29, 1.82) is 5.26 Å². The van der Waals surface area contributed by atoms with Crippen LogP contribution in [-0.4, -0.2) is 28.9 Å². The first-order chi connectivity index (χ1) is 9.02. The molecule has 0 aliphatic rings. The number of benzene rings is 1. The maximum Gasteiger partial charge on any atom is 0.166 e. The fourth-order valence-corrected chi connectivity index (χ4v) is 2.05. The number of nitriles is 1. The Labute approximate surface area is 112 Å². The Bertz CT molecular complexity index is 666. The number of anilines is 1. The summed E-state index contributed by atoms with van der Waals surface area (Å²) in [5.74, 6) is 0.873. The molecular weight excluding hydrogens is 240 g/mol. The van der Waals surface area contributed by atoms with Gasteiger partial charge in [-0.3, -0.25) is 4.79 Å². The average Bonchev–Trinajstić information content (AvgIpc) is 2.65. The molecule has 0 amide bonds. The van der Waals surface area contributed by atoms with E-state index in [2.05, 4.69) is 4.98 Å². The molecule has 1 aromatic heterocycles. The molecule has 0 aliphatic heterocycles. The van der Waals surface area contributed by atoms with E-state index in [9.17, 15) is 4.79 Å². The summed E-state index contributed by atoms with van der Waals surface area (Å²) >= 11 is 0. The Morgan fingerprint density at radius 2 is 2.26 bits per heavy atom. The lowest BCUT2D eigenvalue weighted by molar-refractivity contribution is -0.116. The summed E-state index contributed by atoms with van der Waals surface area (Å²) in [5.41, 5.74) is 2.91. The fourth-order valence-electron chi connectivity index (χ4n) is 2.05. The minimum absolute atomic E-state index is 0.0463. The summed E-state index contributed by atoms with van der Waals surface area (Å²) in [5, 5.41) is 8.49. The Hall–Kier alpha value is -2.35. The first-order valence-electron chi connectivity index (χ1n) is 6.06. The molecule has 0 unspecified atom stereocenters. The summed E-state index contributed by atoms with van der Waals surface area (Å²) in [6, 6.07) is 7.79. The normalized spacial score (nSPS) is 10.4. The number of carbonyl (C=O) groups is 1. The smallest absolute Gasteiger partial charge is 0.166 e. The number of Topliss-reactive ketones (excluding diaryl/α,β-unsaturated/α-hetero) is 1. The number of carbonyl (C=O) groups excluding carboxylic acids is 1. The van der Waals surface area contributed by atoms with Crippen LogP contribution in [0.1, 0.15) is 12.2 Å². The zero-order valence-corrected chi connectivity index (χ0v) is 11.3. The molecule has 2 aromatic rings. The quantitative estimate of drug-likeness (QED) is 0.836. The summed E-state index contributed by atoms with van der Waals surface area (Å²) in [6.07, 6.45) is -0.0463. The van der Waals surface area contributed by atoms with Crippen molar-refractivity contribution in [1.82, 2.24) is 9.55 Å². The molecule has 1 aromatic carbocycles. The fraction of sp³-hybridized carbons (Fsp3) is 0.357. The Morgan fingerprint density at radius 1 is 1.53 bits per heavy atom. The van der Waals surface area contributed by atoms with Crippen molar-refractivity contribution >= 4 is 22.5 Å². The van der Waals surface area contributed by atoms with Gasteiger partial charge in [-0.15, -0.1) is 0 Å². The third kappa shape index (κ3) is 2.58. The highest BCUT2D eigenvalue weighted by atomic mass is 16.1. The molecule has 5 heteroatoms.